The molecule has 0 bridgehead atoms. The third-order valence-electron chi connectivity index (χ3n) is 5.68. The van der Waals surface area contributed by atoms with Gasteiger partial charge >= 0.3 is 5.97 Å². The standard InChI is InChI=1S/C25H22O4/c26-24(27)22-20(18-12-6-2-7-13-18)23(21(22)19-14-8-3-9-15-19)25(28)29-16-17-10-4-1-5-11-17/h1-15,20-23H,16H2,(H,26,27)/p-1/t20-,21+,22?,23?. The number of carboxylic acids is 1. The summed E-state index contributed by atoms with van der Waals surface area (Å²) in [6, 6.07) is 28.0. The Hall–Kier alpha value is -3.40. The molecule has 0 saturated heterocycles. The molecule has 2 unspecified atom stereocenters. The van der Waals surface area contributed by atoms with Crippen LogP contribution in [0.2, 0.25) is 0 Å². The normalized spacial score (nSPS) is 23.0. The first-order chi connectivity index (χ1) is 14.2. The Bertz CT molecular complexity index is 922. The molecular weight excluding hydrogens is 364 g/mol. The summed E-state index contributed by atoms with van der Waals surface area (Å²) in [4.78, 5) is 25.1. The molecule has 4 heteroatoms. The lowest BCUT2D eigenvalue weighted by Crippen LogP contribution is -2.55. The molecule has 0 aromatic heterocycles. The molecule has 0 N–H and O–H groups in total. The van der Waals surface area contributed by atoms with Crippen molar-refractivity contribution in [2.45, 2.75) is 18.4 Å². The maximum absolute atomic E-state index is 13.1. The molecule has 0 radical (unpaired) electrons. The highest BCUT2D eigenvalue weighted by atomic mass is 16.5. The molecule has 29 heavy (non-hydrogen) atoms. The van der Waals surface area contributed by atoms with Gasteiger partial charge in [0.1, 0.15) is 6.61 Å². The van der Waals surface area contributed by atoms with Crippen LogP contribution in [0.1, 0.15) is 28.5 Å². The van der Waals surface area contributed by atoms with Crippen molar-refractivity contribution in [1.29, 1.82) is 0 Å². The minimum Gasteiger partial charge on any atom is -0.550 e. The number of benzene rings is 3. The van der Waals surface area contributed by atoms with Crippen LogP contribution in [0.25, 0.3) is 0 Å². The number of carbonyl (C=O) groups is 2. The second kappa shape index (κ2) is 8.31. The summed E-state index contributed by atoms with van der Waals surface area (Å²) in [6.07, 6.45) is 0. The van der Waals surface area contributed by atoms with E-state index in [0.717, 1.165) is 16.7 Å². The van der Waals surface area contributed by atoms with Gasteiger partial charge in [0.05, 0.1) is 5.92 Å². The number of esters is 1. The molecule has 146 valence electrons. The number of ether oxygens (including phenoxy) is 1. The van der Waals surface area contributed by atoms with Crippen LogP contribution in [0.4, 0.5) is 0 Å². The van der Waals surface area contributed by atoms with E-state index in [-0.39, 0.29) is 12.6 Å². The van der Waals surface area contributed by atoms with Crippen molar-refractivity contribution in [3.63, 3.8) is 0 Å². The molecule has 4 rings (SSSR count). The van der Waals surface area contributed by atoms with E-state index >= 15 is 0 Å². The number of carbonyl (C=O) groups excluding carboxylic acids is 2. The molecule has 4 atom stereocenters. The number of carboxylic acid groups (broad SMARTS) is 1. The van der Waals surface area contributed by atoms with Crippen molar-refractivity contribution in [3.05, 3.63) is 108 Å². The predicted molar refractivity (Wildman–Crippen MR) is 107 cm³/mol. The van der Waals surface area contributed by atoms with Gasteiger partial charge < -0.3 is 14.6 Å². The fourth-order valence-corrected chi connectivity index (χ4v) is 4.34. The Morgan fingerprint density at radius 2 is 1.14 bits per heavy atom. The highest BCUT2D eigenvalue weighted by Crippen LogP contribution is 2.57. The SMILES string of the molecule is O=C([O-])C1[C@@H](c2ccccc2)C(C(=O)OCc2ccccc2)[C@H]1c1ccccc1. The van der Waals surface area contributed by atoms with Gasteiger partial charge in [0.15, 0.2) is 0 Å². The first-order valence-electron chi connectivity index (χ1n) is 9.68. The van der Waals surface area contributed by atoms with Gasteiger partial charge in [-0.15, -0.1) is 0 Å². The summed E-state index contributed by atoms with van der Waals surface area (Å²) in [5, 5.41) is 12.0. The van der Waals surface area contributed by atoms with E-state index in [4.69, 9.17) is 4.74 Å². The minimum absolute atomic E-state index is 0.162. The summed E-state index contributed by atoms with van der Waals surface area (Å²) >= 11 is 0. The largest absolute Gasteiger partial charge is 0.550 e. The van der Waals surface area contributed by atoms with Crippen LogP contribution in [0.5, 0.6) is 0 Å². The summed E-state index contributed by atoms with van der Waals surface area (Å²) in [7, 11) is 0. The predicted octanol–water partition coefficient (Wildman–Crippen LogP) is 3.29. The second-order valence-electron chi connectivity index (χ2n) is 7.34. The number of hydrogen-bond acceptors (Lipinski definition) is 4. The van der Waals surface area contributed by atoms with Gasteiger partial charge in [0, 0.05) is 23.7 Å². The zero-order chi connectivity index (χ0) is 20.2. The molecule has 1 aliphatic carbocycles. The summed E-state index contributed by atoms with van der Waals surface area (Å²) < 4.78 is 5.61. The van der Waals surface area contributed by atoms with Crippen molar-refractivity contribution in [1.82, 2.24) is 0 Å². The number of aliphatic carboxylic acids is 1. The fraction of sp³-hybridized carbons (Fsp3) is 0.200. The third-order valence-corrected chi connectivity index (χ3v) is 5.68. The Labute approximate surface area is 169 Å². The quantitative estimate of drug-likeness (QED) is 0.611. The first kappa shape index (κ1) is 18.9. The molecular formula is C25H21O4-. The number of hydrogen-bond donors (Lipinski definition) is 0. The van der Waals surface area contributed by atoms with E-state index in [9.17, 15) is 14.7 Å². The Kier molecular flexibility index (Phi) is 5.43. The van der Waals surface area contributed by atoms with Gasteiger partial charge in [-0.2, -0.15) is 0 Å². The minimum atomic E-state index is -1.14. The van der Waals surface area contributed by atoms with E-state index in [1.54, 1.807) is 0 Å². The Balaban J connectivity index is 1.65. The first-order valence-corrected chi connectivity index (χ1v) is 9.68. The van der Waals surface area contributed by atoms with Crippen molar-refractivity contribution < 1.29 is 19.4 Å². The van der Waals surface area contributed by atoms with Crippen LogP contribution in [0.15, 0.2) is 91.0 Å². The molecule has 4 nitrogen and oxygen atoms in total. The molecule has 1 saturated carbocycles. The van der Waals surface area contributed by atoms with Crippen molar-refractivity contribution in [3.8, 4) is 0 Å². The van der Waals surface area contributed by atoms with Crippen LogP contribution in [-0.4, -0.2) is 11.9 Å². The molecule has 0 amide bonds. The Morgan fingerprint density at radius 3 is 1.59 bits per heavy atom. The molecule has 3 aromatic carbocycles. The fourth-order valence-electron chi connectivity index (χ4n) is 4.34. The van der Waals surface area contributed by atoms with Gasteiger partial charge in [-0.05, 0) is 16.7 Å². The molecule has 3 aromatic rings. The molecule has 1 aliphatic rings. The summed E-state index contributed by atoms with van der Waals surface area (Å²) in [5.41, 5.74) is 2.52. The van der Waals surface area contributed by atoms with Crippen LogP contribution in [0.3, 0.4) is 0 Å². The monoisotopic (exact) mass is 385 g/mol. The van der Waals surface area contributed by atoms with Gasteiger partial charge in [0.25, 0.3) is 0 Å². The zero-order valence-electron chi connectivity index (χ0n) is 15.8. The lowest BCUT2D eigenvalue weighted by Gasteiger charge is -2.51. The highest BCUT2D eigenvalue weighted by molar-refractivity contribution is 5.83. The van der Waals surface area contributed by atoms with E-state index in [2.05, 4.69) is 0 Å². The van der Waals surface area contributed by atoms with Crippen molar-refractivity contribution in [2.24, 2.45) is 11.8 Å². The van der Waals surface area contributed by atoms with Crippen LogP contribution < -0.4 is 5.11 Å². The summed E-state index contributed by atoms with van der Waals surface area (Å²) in [6.45, 7) is 0.162. The van der Waals surface area contributed by atoms with Gasteiger partial charge in [0.2, 0.25) is 0 Å². The van der Waals surface area contributed by atoms with Crippen LogP contribution in [-0.2, 0) is 20.9 Å². The number of rotatable bonds is 6. The average molecular weight is 385 g/mol. The Morgan fingerprint density at radius 1 is 0.690 bits per heavy atom. The lowest BCUT2D eigenvalue weighted by molar-refractivity contribution is -0.317. The third kappa shape index (κ3) is 3.79. The van der Waals surface area contributed by atoms with Gasteiger partial charge in [-0.1, -0.05) is 91.0 Å². The average Bonchev–Trinajstić information content (AvgIpc) is 2.73. The molecule has 1 fully saturated rings. The smallest absolute Gasteiger partial charge is 0.310 e. The zero-order valence-corrected chi connectivity index (χ0v) is 15.8. The summed E-state index contributed by atoms with van der Waals surface area (Å²) in [5.74, 6) is -3.83. The van der Waals surface area contributed by atoms with E-state index < -0.39 is 29.6 Å². The van der Waals surface area contributed by atoms with Gasteiger partial charge in [-0.25, -0.2) is 0 Å². The topological polar surface area (TPSA) is 66.4 Å². The van der Waals surface area contributed by atoms with E-state index in [1.807, 2.05) is 91.0 Å². The van der Waals surface area contributed by atoms with Crippen molar-refractivity contribution in [2.75, 3.05) is 0 Å². The highest BCUT2D eigenvalue weighted by Gasteiger charge is 2.56. The van der Waals surface area contributed by atoms with Gasteiger partial charge in [-0.3, -0.25) is 4.79 Å². The molecule has 0 heterocycles. The van der Waals surface area contributed by atoms with Crippen LogP contribution >= 0.6 is 0 Å². The van der Waals surface area contributed by atoms with Crippen LogP contribution in [0, 0.1) is 11.8 Å². The lowest BCUT2D eigenvalue weighted by atomic mass is 9.52. The van der Waals surface area contributed by atoms with E-state index in [1.165, 1.54) is 0 Å². The second-order valence-corrected chi connectivity index (χ2v) is 7.34. The van der Waals surface area contributed by atoms with E-state index in [0.29, 0.717) is 0 Å². The molecule has 0 spiro atoms. The maximum Gasteiger partial charge on any atom is 0.310 e. The van der Waals surface area contributed by atoms with Crippen molar-refractivity contribution >= 4 is 11.9 Å². The maximum atomic E-state index is 13.1. The molecule has 0 aliphatic heterocycles.